The number of fused-ring (bicyclic) bond motifs is 1. The van der Waals surface area contributed by atoms with Gasteiger partial charge >= 0.3 is 5.97 Å². The number of carboxylic acids is 1. The van der Waals surface area contributed by atoms with Crippen LogP contribution in [0.2, 0.25) is 0 Å². The van der Waals surface area contributed by atoms with Crippen LogP contribution in [-0.2, 0) is 28.8 Å². The maximum absolute atomic E-state index is 14.0. The number of nitrogens with zero attached hydrogens (tertiary/aromatic N) is 2. The number of carbonyl (C=O) groups excluding carboxylic acids is 5. The fourth-order valence-corrected chi connectivity index (χ4v) is 7.53. The van der Waals surface area contributed by atoms with Crippen LogP contribution >= 0.6 is 0 Å². The van der Waals surface area contributed by atoms with Gasteiger partial charge in [0, 0.05) is 49.0 Å². The molecule has 2 heterocycles. The number of rotatable bonds is 20. The van der Waals surface area contributed by atoms with Gasteiger partial charge in [-0.1, -0.05) is 44.4 Å². The molecule has 2 unspecified atom stereocenters. The minimum atomic E-state index is -1.27. The standard InChI is InChI=1S/C42H56N8O8/c1-27-10-7-14-33-36(27)49-41(58-33)46-30-19-17-29(18-20-30)37(54)47-31(12-3-6-25-45-34(51)21-16-28-11-9-24-44-26-28)38(55)48-32(13-8-15-35(52)53)39(56)50-42(40(43)57)22-4-2-5-23-42/h7,9,11,14,16-17,21,24,26-27,30-32H,2-6,8,10,12-13,15,18-20,22-23,25H2,1H3,(H2,43,57)(H,45,51)(H,46,49)(H,47,54)(H,48,55)(H,50,56)(H,52,53)/b21-16+/t27?,30?,31-,32-/m1/s1. The number of nitrogens with two attached hydrogens (primary N) is 1. The summed E-state index contributed by atoms with van der Waals surface area (Å²) in [4.78, 5) is 86.3. The summed E-state index contributed by atoms with van der Waals surface area (Å²) in [6.07, 6.45) is 18.6. The quantitative estimate of drug-likeness (QED) is 0.0745. The largest absolute Gasteiger partial charge is 0.481 e. The van der Waals surface area contributed by atoms with E-state index >= 15 is 0 Å². The summed E-state index contributed by atoms with van der Waals surface area (Å²) in [5.41, 5.74) is 6.71. The first-order valence-electron chi connectivity index (χ1n) is 20.4. The maximum atomic E-state index is 14.0. The summed E-state index contributed by atoms with van der Waals surface area (Å²) < 4.78 is 5.91. The Hall–Kier alpha value is -5.80. The second-order valence-corrected chi connectivity index (χ2v) is 15.4. The molecule has 4 atom stereocenters. The van der Waals surface area contributed by atoms with E-state index < -0.39 is 47.2 Å². The molecule has 5 rings (SSSR count). The number of hydrogen-bond donors (Lipinski definition) is 7. The van der Waals surface area contributed by atoms with E-state index in [-0.39, 0.29) is 43.6 Å². The lowest BCUT2D eigenvalue weighted by Crippen LogP contribution is -2.62. The van der Waals surface area contributed by atoms with Crippen LogP contribution in [0.4, 0.5) is 6.01 Å². The average molecular weight is 801 g/mol. The lowest BCUT2D eigenvalue weighted by Gasteiger charge is -2.36. The highest BCUT2D eigenvalue weighted by molar-refractivity contribution is 5.99. The Morgan fingerprint density at radius 1 is 1.02 bits per heavy atom. The number of allylic oxidation sites excluding steroid dienone is 1. The Labute approximate surface area is 338 Å². The zero-order valence-electron chi connectivity index (χ0n) is 33.1. The van der Waals surface area contributed by atoms with Crippen LogP contribution in [-0.4, -0.2) is 80.8 Å². The van der Waals surface area contributed by atoms with E-state index in [9.17, 15) is 33.9 Å². The van der Waals surface area contributed by atoms with Crippen molar-refractivity contribution in [1.82, 2.24) is 31.2 Å². The molecule has 16 nitrogen and oxygen atoms in total. The highest BCUT2D eigenvalue weighted by atomic mass is 16.4. The van der Waals surface area contributed by atoms with E-state index in [1.54, 1.807) is 24.5 Å². The lowest BCUT2D eigenvalue weighted by molar-refractivity contribution is -0.138. The molecule has 0 saturated heterocycles. The summed E-state index contributed by atoms with van der Waals surface area (Å²) in [5.74, 6) is -2.68. The van der Waals surface area contributed by atoms with Crippen molar-refractivity contribution in [1.29, 1.82) is 0 Å². The second-order valence-electron chi connectivity index (χ2n) is 15.4. The fourth-order valence-electron chi connectivity index (χ4n) is 7.53. The molecule has 3 aliphatic rings. The van der Waals surface area contributed by atoms with Gasteiger partial charge in [0.2, 0.25) is 29.5 Å². The molecular weight excluding hydrogens is 745 g/mol. The van der Waals surface area contributed by atoms with Crippen molar-refractivity contribution in [2.75, 3.05) is 11.9 Å². The van der Waals surface area contributed by atoms with Crippen LogP contribution in [0.25, 0.3) is 12.2 Å². The molecule has 0 spiro atoms. The van der Waals surface area contributed by atoms with Crippen LogP contribution < -0.4 is 32.3 Å². The number of primary amides is 1. The zero-order chi connectivity index (χ0) is 41.5. The summed E-state index contributed by atoms with van der Waals surface area (Å²) in [5, 5.41) is 23.8. The van der Waals surface area contributed by atoms with E-state index in [4.69, 9.17) is 10.2 Å². The van der Waals surface area contributed by atoms with E-state index in [0.717, 1.165) is 29.9 Å². The van der Waals surface area contributed by atoms with Gasteiger partial charge in [0.05, 0.1) is 5.69 Å². The van der Waals surface area contributed by atoms with Crippen LogP contribution in [0.15, 0.2) is 52.7 Å². The van der Waals surface area contributed by atoms with Crippen molar-refractivity contribution < 1.29 is 38.3 Å². The number of oxazole rings is 1. The van der Waals surface area contributed by atoms with Gasteiger partial charge in [-0.05, 0) is 94.4 Å². The predicted molar refractivity (Wildman–Crippen MR) is 217 cm³/mol. The van der Waals surface area contributed by atoms with Gasteiger partial charge in [-0.15, -0.1) is 0 Å². The van der Waals surface area contributed by atoms with Gasteiger partial charge in [-0.3, -0.25) is 33.8 Å². The predicted octanol–water partition coefficient (Wildman–Crippen LogP) is 4.01. The highest BCUT2D eigenvalue weighted by Crippen LogP contribution is 2.32. The second kappa shape index (κ2) is 21.1. The number of aromatic nitrogens is 2. The van der Waals surface area contributed by atoms with Gasteiger partial charge in [0.25, 0.3) is 6.01 Å². The number of aliphatic carboxylic acids is 1. The van der Waals surface area contributed by atoms with Crippen LogP contribution in [0.1, 0.15) is 126 Å². The van der Waals surface area contributed by atoms with Crippen molar-refractivity contribution in [2.24, 2.45) is 5.73 Å². The monoisotopic (exact) mass is 800 g/mol. The number of unbranched alkanes of at least 4 members (excludes halogenated alkanes) is 1. The molecule has 58 heavy (non-hydrogen) atoms. The van der Waals surface area contributed by atoms with E-state index in [1.165, 1.54) is 6.08 Å². The molecule has 0 bridgehead atoms. The molecule has 16 heteroatoms. The molecule has 2 aromatic heterocycles. The smallest absolute Gasteiger partial charge is 0.303 e. The minimum Gasteiger partial charge on any atom is -0.481 e. The lowest BCUT2D eigenvalue weighted by atomic mass is 9.80. The van der Waals surface area contributed by atoms with E-state index in [1.807, 2.05) is 18.2 Å². The topological polar surface area (TPSA) is 248 Å². The number of amides is 5. The van der Waals surface area contributed by atoms with Crippen molar-refractivity contribution in [3.63, 3.8) is 0 Å². The molecule has 8 N–H and O–H groups in total. The summed E-state index contributed by atoms with van der Waals surface area (Å²) in [6.45, 7) is 2.42. The Kier molecular flexibility index (Phi) is 15.8. The first-order chi connectivity index (χ1) is 27.9. The summed E-state index contributed by atoms with van der Waals surface area (Å²) >= 11 is 0. The van der Waals surface area contributed by atoms with Crippen LogP contribution in [0.5, 0.6) is 0 Å². The molecule has 3 aliphatic carbocycles. The first-order valence-corrected chi connectivity index (χ1v) is 20.4. The number of hydrogen-bond acceptors (Lipinski definition) is 10. The van der Waals surface area contributed by atoms with Crippen molar-refractivity contribution in [3.05, 3.63) is 65.3 Å². The molecule has 0 radical (unpaired) electrons. The zero-order valence-corrected chi connectivity index (χ0v) is 33.1. The average Bonchev–Trinajstić information content (AvgIpc) is 3.63. The Morgan fingerprint density at radius 3 is 2.48 bits per heavy atom. The molecule has 0 aromatic carbocycles. The molecular formula is C42H56N8O8. The molecule has 0 aliphatic heterocycles. The number of nitrogens with one attached hydrogen (secondary N) is 5. The van der Waals surface area contributed by atoms with Crippen molar-refractivity contribution >= 4 is 53.7 Å². The van der Waals surface area contributed by atoms with E-state index in [0.29, 0.717) is 75.9 Å². The number of anilines is 1. The van der Waals surface area contributed by atoms with Gasteiger partial charge < -0.3 is 41.8 Å². The van der Waals surface area contributed by atoms with Crippen molar-refractivity contribution in [3.8, 4) is 0 Å². The van der Waals surface area contributed by atoms with Gasteiger partial charge in [0.15, 0.2) is 5.76 Å². The molecule has 1 fully saturated rings. The van der Waals surface area contributed by atoms with Crippen molar-refractivity contribution in [2.45, 2.75) is 133 Å². The van der Waals surface area contributed by atoms with Gasteiger partial charge in [0.1, 0.15) is 17.6 Å². The summed E-state index contributed by atoms with van der Waals surface area (Å²) in [6, 6.07) is 1.78. The van der Waals surface area contributed by atoms with Crippen LogP contribution in [0.3, 0.4) is 0 Å². The fraction of sp³-hybridized carbons (Fsp3) is 0.524. The Balaban J connectivity index is 1.23. The number of carbonyl (C=O) groups is 6. The minimum absolute atomic E-state index is 0.0117. The van der Waals surface area contributed by atoms with Gasteiger partial charge in [-0.2, -0.15) is 4.98 Å². The highest BCUT2D eigenvalue weighted by Gasteiger charge is 2.41. The summed E-state index contributed by atoms with van der Waals surface area (Å²) in [7, 11) is 0. The number of carboxylic acid groups (broad SMARTS) is 1. The molecule has 312 valence electrons. The molecule has 1 saturated carbocycles. The normalized spacial score (nSPS) is 19.5. The maximum Gasteiger partial charge on any atom is 0.303 e. The Bertz CT molecular complexity index is 1870. The third kappa shape index (κ3) is 12.6. The SMILES string of the molecule is CC1CC=Cc2oc(NC3CC=C(C(=O)N[C@H](CCCCNC(=O)/C=C/c4cccnc4)C(=O)N[C@H](CCCC(=O)O)C(=O)NC4(C(N)=O)CCCCC4)CC3)nc21. The Morgan fingerprint density at radius 2 is 1.79 bits per heavy atom. The van der Waals surface area contributed by atoms with Crippen LogP contribution in [0, 0.1) is 0 Å². The van der Waals surface area contributed by atoms with E-state index in [2.05, 4.69) is 49.6 Å². The third-order valence-electron chi connectivity index (χ3n) is 10.9. The van der Waals surface area contributed by atoms with Gasteiger partial charge in [-0.25, -0.2) is 0 Å². The first kappa shape index (κ1) is 43.3. The third-order valence-corrected chi connectivity index (χ3v) is 10.9. The molecule has 5 amide bonds. The molecule has 2 aromatic rings. The number of pyridine rings is 1.